The quantitative estimate of drug-likeness (QED) is 0.196. The number of aliphatic carboxylic acids is 1. The van der Waals surface area contributed by atoms with Crippen LogP contribution in [0.5, 0.6) is 5.88 Å². The second-order valence-corrected chi connectivity index (χ2v) is 13.1. The van der Waals surface area contributed by atoms with Gasteiger partial charge in [0.1, 0.15) is 18.5 Å². The maximum atomic E-state index is 14.8. The number of carboxylic acid groups (broad SMARTS) is 1. The van der Waals surface area contributed by atoms with Crippen molar-refractivity contribution in [2.45, 2.75) is 58.0 Å². The first-order valence-corrected chi connectivity index (χ1v) is 16.9. The number of rotatable bonds is 10. The number of carbonyl (C=O) groups excluding carboxylic acids is 2. The number of benzene rings is 2. The SMILES string of the molecule is CCOC(=O)c1ccc([C@@H](Oc2cc(N3CCC4(CC3)C[C@@H](C(=O)O)N(C(=O)OCc3ccccc3)C4)nc(N)n2)C(F)(F)F)c(-n2ccc(C)n2)c1. The zero-order valence-electron chi connectivity index (χ0n) is 29.0. The van der Waals surface area contributed by atoms with Crippen LogP contribution in [0.25, 0.3) is 5.69 Å². The Morgan fingerprint density at radius 1 is 1.04 bits per heavy atom. The minimum absolute atomic E-state index is 0.00114. The number of carbonyl (C=O) groups is 3. The number of anilines is 2. The van der Waals surface area contributed by atoms with E-state index in [0.717, 1.165) is 11.6 Å². The number of nitrogens with zero attached hydrogens (tertiary/aromatic N) is 6. The third-order valence-electron chi connectivity index (χ3n) is 9.42. The fourth-order valence-electron chi connectivity index (χ4n) is 6.78. The highest BCUT2D eigenvalue weighted by Gasteiger charge is 2.51. The van der Waals surface area contributed by atoms with E-state index in [-0.39, 0.29) is 54.8 Å². The van der Waals surface area contributed by atoms with Crippen LogP contribution in [0, 0.1) is 12.3 Å². The van der Waals surface area contributed by atoms with Crippen molar-refractivity contribution in [3.8, 4) is 11.6 Å². The number of hydrogen-bond donors (Lipinski definition) is 2. The topological polar surface area (TPSA) is 175 Å². The summed E-state index contributed by atoms with van der Waals surface area (Å²) in [5.41, 5.74) is 6.40. The standard InChI is InChI=1S/C36H38F3N7O7/c1-3-51-32(49)24-9-10-25(26(17-24)46-14-11-22(2)43-46)30(36(37,38)39)53-29-18-28(41-33(40)42-29)44-15-12-35(13-16-44)19-27(31(47)48)45(21-35)34(50)52-20-23-7-5-4-6-8-23/h4-11,14,17-18,27,30H,3,12-13,15-16,19-21H2,1-2H3,(H,47,48)(H2,40,41,42)/t27-,30+/m0/s1. The van der Waals surface area contributed by atoms with Gasteiger partial charge in [-0.3, -0.25) is 4.90 Å². The Morgan fingerprint density at radius 3 is 2.42 bits per heavy atom. The Bertz CT molecular complexity index is 1970. The first-order valence-electron chi connectivity index (χ1n) is 16.9. The highest BCUT2D eigenvalue weighted by atomic mass is 19.4. The van der Waals surface area contributed by atoms with Crippen molar-refractivity contribution < 1.29 is 46.9 Å². The number of nitrogens with two attached hydrogens (primary N) is 1. The number of piperidine rings is 1. The maximum Gasteiger partial charge on any atom is 0.429 e. The molecule has 1 spiro atoms. The Morgan fingerprint density at radius 2 is 1.77 bits per heavy atom. The molecule has 1 amide bonds. The summed E-state index contributed by atoms with van der Waals surface area (Å²) in [6, 6.07) is 14.5. The molecular weight excluding hydrogens is 699 g/mol. The molecule has 0 saturated carbocycles. The van der Waals surface area contributed by atoms with Gasteiger partial charge in [0.15, 0.2) is 0 Å². The van der Waals surface area contributed by atoms with Crippen LogP contribution < -0.4 is 15.4 Å². The fourth-order valence-corrected chi connectivity index (χ4v) is 6.78. The first kappa shape index (κ1) is 36.9. The predicted octanol–water partition coefficient (Wildman–Crippen LogP) is 5.49. The van der Waals surface area contributed by atoms with Crippen LogP contribution >= 0.6 is 0 Å². The molecular formula is C36H38F3N7O7. The molecule has 2 aromatic heterocycles. The number of likely N-dealkylation sites (tertiary alicyclic amines) is 1. The van der Waals surface area contributed by atoms with E-state index in [9.17, 15) is 32.7 Å². The van der Waals surface area contributed by atoms with Crippen LogP contribution in [0.3, 0.4) is 0 Å². The zero-order chi connectivity index (χ0) is 37.9. The van der Waals surface area contributed by atoms with E-state index in [2.05, 4.69) is 15.1 Å². The van der Waals surface area contributed by atoms with Crippen molar-refractivity contribution in [2.24, 2.45) is 5.41 Å². The summed E-state index contributed by atoms with van der Waals surface area (Å²) in [4.78, 5) is 49.0. The third-order valence-corrected chi connectivity index (χ3v) is 9.42. The molecule has 17 heteroatoms. The monoisotopic (exact) mass is 737 g/mol. The second kappa shape index (κ2) is 15.0. The van der Waals surface area contributed by atoms with E-state index >= 15 is 0 Å². The van der Waals surface area contributed by atoms with Crippen LogP contribution in [0.15, 0.2) is 66.9 Å². The molecule has 0 radical (unpaired) electrons. The number of hydrogen-bond acceptors (Lipinski definition) is 11. The van der Waals surface area contributed by atoms with E-state index in [1.54, 1.807) is 36.9 Å². The smallest absolute Gasteiger partial charge is 0.429 e. The summed E-state index contributed by atoms with van der Waals surface area (Å²) in [6.07, 6.45) is -5.60. The van der Waals surface area contributed by atoms with Crippen LogP contribution in [-0.2, 0) is 20.9 Å². The fraction of sp³-hybridized carbons (Fsp3) is 0.389. The zero-order valence-corrected chi connectivity index (χ0v) is 29.0. The molecule has 2 aromatic carbocycles. The minimum Gasteiger partial charge on any atom is -0.480 e. The molecule has 2 atom stereocenters. The summed E-state index contributed by atoms with van der Waals surface area (Å²) in [6.45, 7) is 4.22. The Hall–Kier alpha value is -5.87. The largest absolute Gasteiger partial charge is 0.480 e. The van der Waals surface area contributed by atoms with Crippen molar-refractivity contribution in [3.05, 3.63) is 89.2 Å². The summed E-state index contributed by atoms with van der Waals surface area (Å²) in [7, 11) is 0. The van der Waals surface area contributed by atoms with Crippen molar-refractivity contribution in [2.75, 3.05) is 36.9 Å². The summed E-state index contributed by atoms with van der Waals surface area (Å²) >= 11 is 0. The van der Waals surface area contributed by atoms with Crippen molar-refractivity contribution in [3.63, 3.8) is 0 Å². The number of ether oxygens (including phenoxy) is 3. The maximum absolute atomic E-state index is 14.8. The van der Waals surface area contributed by atoms with Gasteiger partial charge in [-0.15, -0.1) is 0 Å². The molecule has 280 valence electrons. The van der Waals surface area contributed by atoms with Gasteiger partial charge in [0.2, 0.25) is 17.9 Å². The normalized spacial score (nSPS) is 17.4. The van der Waals surface area contributed by atoms with Gasteiger partial charge in [0.05, 0.1) is 23.6 Å². The molecule has 2 saturated heterocycles. The van der Waals surface area contributed by atoms with Crippen LogP contribution in [0.4, 0.5) is 29.7 Å². The van der Waals surface area contributed by atoms with E-state index in [4.69, 9.17) is 19.9 Å². The Balaban J connectivity index is 1.20. The Kier molecular flexibility index (Phi) is 10.4. The first-order chi connectivity index (χ1) is 25.2. The van der Waals surface area contributed by atoms with Crippen LogP contribution in [-0.4, -0.2) is 86.2 Å². The lowest BCUT2D eigenvalue weighted by atomic mass is 9.76. The molecule has 0 aliphatic carbocycles. The number of carboxylic acids is 1. The molecule has 14 nitrogen and oxygen atoms in total. The van der Waals surface area contributed by atoms with Crippen LogP contribution in [0.2, 0.25) is 0 Å². The van der Waals surface area contributed by atoms with E-state index in [1.165, 1.54) is 34.0 Å². The molecule has 0 bridgehead atoms. The van der Waals surface area contributed by atoms with E-state index in [1.807, 2.05) is 18.2 Å². The molecule has 0 unspecified atom stereocenters. The molecule has 53 heavy (non-hydrogen) atoms. The van der Waals surface area contributed by atoms with Gasteiger partial charge in [0.25, 0.3) is 0 Å². The number of nitrogen functional groups attached to an aromatic ring is 1. The molecule has 6 rings (SSSR count). The third kappa shape index (κ3) is 8.29. The lowest BCUT2D eigenvalue weighted by Crippen LogP contribution is -2.43. The van der Waals surface area contributed by atoms with Gasteiger partial charge >= 0.3 is 24.2 Å². The minimum atomic E-state index is -4.95. The number of aromatic nitrogens is 4. The summed E-state index contributed by atoms with van der Waals surface area (Å²) < 4.78 is 61.7. The predicted molar refractivity (Wildman–Crippen MR) is 183 cm³/mol. The van der Waals surface area contributed by atoms with Gasteiger partial charge < -0.3 is 30.0 Å². The number of amides is 1. The van der Waals surface area contributed by atoms with E-state index in [0.29, 0.717) is 31.6 Å². The van der Waals surface area contributed by atoms with Gasteiger partial charge in [-0.25, -0.2) is 19.1 Å². The highest BCUT2D eigenvalue weighted by Crippen LogP contribution is 2.45. The molecule has 4 aromatic rings. The number of esters is 1. The lowest BCUT2D eigenvalue weighted by molar-refractivity contribution is -0.198. The van der Waals surface area contributed by atoms with Crippen LogP contribution in [0.1, 0.15) is 59.5 Å². The molecule has 2 aliphatic rings. The van der Waals surface area contributed by atoms with Crippen molar-refractivity contribution >= 4 is 29.8 Å². The van der Waals surface area contributed by atoms with Gasteiger partial charge in [-0.05, 0) is 62.3 Å². The van der Waals surface area contributed by atoms with Gasteiger partial charge in [0, 0.05) is 37.5 Å². The van der Waals surface area contributed by atoms with Gasteiger partial charge in [-0.1, -0.05) is 36.4 Å². The highest BCUT2D eigenvalue weighted by molar-refractivity contribution is 5.90. The summed E-state index contributed by atoms with van der Waals surface area (Å²) in [5, 5.41) is 14.2. The molecule has 4 heterocycles. The summed E-state index contributed by atoms with van der Waals surface area (Å²) in [5.74, 6) is -2.38. The molecule has 3 N–H and O–H groups in total. The lowest BCUT2D eigenvalue weighted by Gasteiger charge is -2.39. The average molecular weight is 738 g/mol. The van der Waals surface area contributed by atoms with Crippen molar-refractivity contribution in [1.29, 1.82) is 0 Å². The molecule has 2 fully saturated rings. The Labute approximate surface area is 302 Å². The number of alkyl halides is 3. The van der Waals surface area contributed by atoms with Crippen molar-refractivity contribution in [1.82, 2.24) is 24.6 Å². The van der Waals surface area contributed by atoms with Gasteiger partial charge in [-0.2, -0.15) is 28.2 Å². The van der Waals surface area contributed by atoms with E-state index < -0.39 is 47.6 Å². The number of halogens is 3. The second-order valence-electron chi connectivity index (χ2n) is 13.1. The number of aryl methyl sites for hydroxylation is 1. The average Bonchev–Trinajstić information content (AvgIpc) is 3.73. The molecule has 2 aliphatic heterocycles.